The monoisotopic (exact) mass is 253 g/mol. The summed E-state index contributed by atoms with van der Waals surface area (Å²) in [5.41, 5.74) is 7.16. The number of nitrogen functional groups attached to an aromatic ring is 1. The van der Waals surface area contributed by atoms with Crippen molar-refractivity contribution in [3.8, 4) is 11.3 Å². The first-order valence-corrected chi connectivity index (χ1v) is 5.69. The quantitative estimate of drug-likeness (QED) is 0.893. The maximum atomic E-state index is 13.3. The van der Waals surface area contributed by atoms with Gasteiger partial charge in [-0.2, -0.15) is 0 Å². The number of aromatic nitrogens is 2. The number of anilines is 1. The Bertz CT molecular complexity index is 543. The molecule has 3 nitrogen and oxygen atoms in total. The van der Waals surface area contributed by atoms with Crippen LogP contribution in [0.2, 0.25) is 5.02 Å². The highest BCUT2D eigenvalue weighted by Gasteiger charge is 2.13. The van der Waals surface area contributed by atoms with E-state index in [0.29, 0.717) is 22.1 Å². The molecule has 0 amide bonds. The summed E-state index contributed by atoms with van der Waals surface area (Å²) in [7, 11) is 0. The summed E-state index contributed by atoms with van der Waals surface area (Å²) in [6, 6.07) is 4.29. The Morgan fingerprint density at radius 3 is 2.65 bits per heavy atom. The van der Waals surface area contributed by atoms with Gasteiger partial charge in [-0.1, -0.05) is 11.6 Å². The smallest absolute Gasteiger partial charge is 0.131 e. The van der Waals surface area contributed by atoms with Crippen LogP contribution < -0.4 is 5.73 Å². The third kappa shape index (κ3) is 2.13. The third-order valence-electron chi connectivity index (χ3n) is 2.65. The van der Waals surface area contributed by atoms with Gasteiger partial charge in [0.15, 0.2) is 0 Å². The number of hydrogen-bond acceptors (Lipinski definition) is 2. The zero-order chi connectivity index (χ0) is 12.6. The minimum atomic E-state index is -0.393. The summed E-state index contributed by atoms with van der Waals surface area (Å²) < 4.78 is 15.1. The predicted molar refractivity (Wildman–Crippen MR) is 67.5 cm³/mol. The predicted octanol–water partition coefficient (Wildman–Crippen LogP) is 3.25. The van der Waals surface area contributed by atoms with E-state index in [2.05, 4.69) is 4.98 Å². The summed E-state index contributed by atoms with van der Waals surface area (Å²) in [6.07, 6.45) is 0. The van der Waals surface area contributed by atoms with Crippen molar-refractivity contribution in [1.82, 2.24) is 9.55 Å². The first-order chi connectivity index (χ1) is 8.02. The second-order valence-electron chi connectivity index (χ2n) is 3.80. The largest absolute Gasteiger partial charge is 0.383 e. The van der Waals surface area contributed by atoms with Crippen molar-refractivity contribution in [2.75, 3.05) is 5.73 Å². The topological polar surface area (TPSA) is 43.8 Å². The molecule has 0 fully saturated rings. The van der Waals surface area contributed by atoms with Gasteiger partial charge in [-0.3, -0.25) is 0 Å². The zero-order valence-electron chi connectivity index (χ0n) is 9.67. The summed E-state index contributed by atoms with van der Waals surface area (Å²) >= 11 is 5.82. The molecule has 0 saturated heterocycles. The van der Waals surface area contributed by atoms with E-state index < -0.39 is 5.82 Å². The molecule has 2 rings (SSSR count). The number of benzene rings is 1. The van der Waals surface area contributed by atoms with Crippen LogP contribution in [0.5, 0.6) is 0 Å². The van der Waals surface area contributed by atoms with Gasteiger partial charge in [-0.15, -0.1) is 0 Å². The molecule has 0 spiro atoms. The Hall–Kier alpha value is -1.55. The summed E-state index contributed by atoms with van der Waals surface area (Å²) in [4.78, 5) is 4.35. The molecule has 1 aromatic heterocycles. The molecule has 0 unspecified atom stereocenters. The summed E-state index contributed by atoms with van der Waals surface area (Å²) in [5, 5.41) is 0.336. The van der Waals surface area contributed by atoms with Crippen molar-refractivity contribution in [3.63, 3.8) is 0 Å². The van der Waals surface area contributed by atoms with Crippen molar-refractivity contribution in [1.29, 1.82) is 0 Å². The first kappa shape index (κ1) is 11.9. The van der Waals surface area contributed by atoms with E-state index in [9.17, 15) is 4.39 Å². The van der Waals surface area contributed by atoms with Gasteiger partial charge in [0.2, 0.25) is 0 Å². The molecule has 0 radical (unpaired) electrons. The first-order valence-electron chi connectivity index (χ1n) is 5.32. The molecule has 2 N–H and O–H groups in total. The van der Waals surface area contributed by atoms with E-state index in [0.717, 1.165) is 12.4 Å². The van der Waals surface area contributed by atoms with Gasteiger partial charge in [0.25, 0.3) is 0 Å². The fourth-order valence-corrected chi connectivity index (χ4v) is 2.11. The molecule has 0 aliphatic heterocycles. The van der Waals surface area contributed by atoms with Crippen molar-refractivity contribution in [3.05, 3.63) is 34.9 Å². The van der Waals surface area contributed by atoms with Gasteiger partial charge < -0.3 is 10.3 Å². The third-order valence-corrected chi connectivity index (χ3v) is 2.87. The van der Waals surface area contributed by atoms with Crippen LogP contribution in [-0.2, 0) is 6.54 Å². The molecule has 2 aromatic rings. The molecule has 5 heteroatoms. The number of imidazole rings is 1. The van der Waals surface area contributed by atoms with Crippen LogP contribution in [0, 0.1) is 12.7 Å². The number of rotatable bonds is 2. The Labute approximate surface area is 104 Å². The highest BCUT2D eigenvalue weighted by molar-refractivity contribution is 6.30. The highest BCUT2D eigenvalue weighted by atomic mass is 35.5. The lowest BCUT2D eigenvalue weighted by Gasteiger charge is -2.04. The molecule has 0 atom stereocenters. The molecule has 0 aliphatic rings. The fourth-order valence-electron chi connectivity index (χ4n) is 1.88. The van der Waals surface area contributed by atoms with Gasteiger partial charge in [-0.25, -0.2) is 9.37 Å². The minimum absolute atomic E-state index is 0.336. The van der Waals surface area contributed by atoms with Crippen LogP contribution in [0.15, 0.2) is 18.2 Å². The van der Waals surface area contributed by atoms with Crippen molar-refractivity contribution < 1.29 is 4.39 Å². The van der Waals surface area contributed by atoms with E-state index in [1.807, 2.05) is 18.4 Å². The van der Waals surface area contributed by atoms with E-state index in [1.54, 1.807) is 6.07 Å². The van der Waals surface area contributed by atoms with Crippen LogP contribution in [0.1, 0.15) is 12.7 Å². The molecular formula is C12H13ClFN3. The molecule has 1 aromatic carbocycles. The lowest BCUT2D eigenvalue weighted by Crippen LogP contribution is -2.02. The number of nitrogens with two attached hydrogens (primary N) is 1. The number of aryl methyl sites for hydroxylation is 1. The molecule has 17 heavy (non-hydrogen) atoms. The molecule has 90 valence electrons. The van der Waals surface area contributed by atoms with Crippen molar-refractivity contribution in [2.24, 2.45) is 0 Å². The molecular weight excluding hydrogens is 241 g/mol. The molecule has 0 aliphatic carbocycles. The molecule has 0 saturated carbocycles. The van der Waals surface area contributed by atoms with Crippen LogP contribution in [-0.4, -0.2) is 9.55 Å². The Balaban J connectivity index is 2.60. The lowest BCUT2D eigenvalue weighted by atomic mass is 10.1. The van der Waals surface area contributed by atoms with Gasteiger partial charge in [-0.05, 0) is 32.0 Å². The van der Waals surface area contributed by atoms with Gasteiger partial charge in [0, 0.05) is 17.1 Å². The number of halogens is 2. The van der Waals surface area contributed by atoms with Gasteiger partial charge >= 0.3 is 0 Å². The number of hydrogen-bond donors (Lipinski definition) is 1. The normalized spacial score (nSPS) is 10.8. The van der Waals surface area contributed by atoms with Crippen molar-refractivity contribution in [2.45, 2.75) is 20.4 Å². The van der Waals surface area contributed by atoms with E-state index in [-0.39, 0.29) is 0 Å². The van der Waals surface area contributed by atoms with E-state index in [4.69, 9.17) is 17.3 Å². The summed E-state index contributed by atoms with van der Waals surface area (Å²) in [6.45, 7) is 4.57. The van der Waals surface area contributed by atoms with E-state index in [1.165, 1.54) is 12.1 Å². The van der Waals surface area contributed by atoms with E-state index >= 15 is 0 Å². The second kappa shape index (κ2) is 4.37. The van der Waals surface area contributed by atoms with Crippen LogP contribution >= 0.6 is 11.6 Å². The van der Waals surface area contributed by atoms with Gasteiger partial charge in [0.1, 0.15) is 23.2 Å². The standard InChI is InChI=1S/C12H13ClFN3/c1-3-17-7(2)16-11(12(17)15)8-4-9(13)6-10(14)5-8/h4-6H,3,15H2,1-2H3. The maximum Gasteiger partial charge on any atom is 0.131 e. The second-order valence-corrected chi connectivity index (χ2v) is 4.23. The van der Waals surface area contributed by atoms with Crippen molar-refractivity contribution >= 4 is 17.4 Å². The van der Waals surface area contributed by atoms with Gasteiger partial charge in [0.05, 0.1) is 0 Å². The lowest BCUT2D eigenvalue weighted by molar-refractivity contribution is 0.628. The Morgan fingerprint density at radius 2 is 2.12 bits per heavy atom. The molecule has 1 heterocycles. The average Bonchev–Trinajstić information content (AvgIpc) is 2.52. The zero-order valence-corrected chi connectivity index (χ0v) is 10.4. The van der Waals surface area contributed by atoms with Crippen LogP contribution in [0.4, 0.5) is 10.2 Å². The van der Waals surface area contributed by atoms with Crippen LogP contribution in [0.3, 0.4) is 0 Å². The average molecular weight is 254 g/mol. The van der Waals surface area contributed by atoms with Crippen LogP contribution in [0.25, 0.3) is 11.3 Å². The Kier molecular flexibility index (Phi) is 3.07. The Morgan fingerprint density at radius 1 is 1.41 bits per heavy atom. The summed E-state index contributed by atoms with van der Waals surface area (Å²) in [5.74, 6) is 0.947. The fraction of sp³-hybridized carbons (Fsp3) is 0.250. The minimum Gasteiger partial charge on any atom is -0.383 e. The molecule has 0 bridgehead atoms. The SMILES string of the molecule is CCn1c(C)nc(-c2cc(F)cc(Cl)c2)c1N. The maximum absolute atomic E-state index is 13.3. The highest BCUT2D eigenvalue weighted by Crippen LogP contribution is 2.29. The number of nitrogens with zero attached hydrogens (tertiary/aromatic N) is 2.